The minimum atomic E-state index is 0.145. The van der Waals surface area contributed by atoms with Crippen molar-refractivity contribution in [2.45, 2.75) is 26.2 Å². The fourth-order valence-corrected chi connectivity index (χ4v) is 2.40. The van der Waals surface area contributed by atoms with Crippen LogP contribution in [0.2, 0.25) is 0 Å². The van der Waals surface area contributed by atoms with E-state index in [9.17, 15) is 0 Å². The minimum absolute atomic E-state index is 0.145. The Morgan fingerprint density at radius 3 is 2.90 bits per heavy atom. The molecule has 1 aromatic heterocycles. The molecule has 1 aromatic carbocycles. The standard InChI is InChI=1S/C14H17N5O/c1-2-20-14-18-12(15)17-13(19-14)16-11-7-6-9-4-3-5-10(9)8-11/h6-8H,2-5H2,1H3,(H3,15,16,17,18,19). The second-order valence-corrected chi connectivity index (χ2v) is 4.69. The Hall–Kier alpha value is -2.37. The molecule has 6 heteroatoms. The Morgan fingerprint density at radius 1 is 1.20 bits per heavy atom. The first-order chi connectivity index (χ1) is 9.74. The van der Waals surface area contributed by atoms with Crippen molar-refractivity contribution >= 4 is 17.6 Å². The summed E-state index contributed by atoms with van der Waals surface area (Å²) < 4.78 is 5.26. The van der Waals surface area contributed by atoms with Gasteiger partial charge in [-0.2, -0.15) is 15.0 Å². The number of nitrogen functional groups attached to an aromatic ring is 1. The van der Waals surface area contributed by atoms with Crippen LogP contribution in [-0.4, -0.2) is 21.6 Å². The number of anilines is 3. The predicted molar refractivity (Wildman–Crippen MR) is 77.2 cm³/mol. The van der Waals surface area contributed by atoms with Crippen LogP contribution in [-0.2, 0) is 12.8 Å². The molecule has 0 amide bonds. The molecule has 0 atom stereocenters. The van der Waals surface area contributed by atoms with Gasteiger partial charge in [-0.15, -0.1) is 0 Å². The van der Waals surface area contributed by atoms with E-state index in [1.54, 1.807) is 0 Å². The summed E-state index contributed by atoms with van der Waals surface area (Å²) in [5.41, 5.74) is 9.43. The molecule has 0 aliphatic heterocycles. The molecule has 0 spiro atoms. The van der Waals surface area contributed by atoms with Gasteiger partial charge in [0.25, 0.3) is 0 Å². The number of nitrogens with two attached hydrogens (primary N) is 1. The van der Waals surface area contributed by atoms with Gasteiger partial charge in [0.1, 0.15) is 0 Å². The molecule has 3 rings (SSSR count). The molecular weight excluding hydrogens is 254 g/mol. The topological polar surface area (TPSA) is 86.0 Å². The van der Waals surface area contributed by atoms with Crippen LogP contribution in [0, 0.1) is 0 Å². The molecule has 0 bridgehead atoms. The highest BCUT2D eigenvalue weighted by Gasteiger charge is 2.12. The molecule has 104 valence electrons. The molecule has 3 N–H and O–H groups in total. The van der Waals surface area contributed by atoms with E-state index in [2.05, 4.69) is 32.4 Å². The van der Waals surface area contributed by atoms with Crippen molar-refractivity contribution in [1.29, 1.82) is 0 Å². The summed E-state index contributed by atoms with van der Waals surface area (Å²) in [4.78, 5) is 12.2. The van der Waals surface area contributed by atoms with Gasteiger partial charge >= 0.3 is 6.01 Å². The number of rotatable bonds is 4. The summed E-state index contributed by atoms with van der Waals surface area (Å²) in [6, 6.07) is 6.56. The van der Waals surface area contributed by atoms with Crippen LogP contribution in [0.15, 0.2) is 18.2 Å². The highest BCUT2D eigenvalue weighted by molar-refractivity contribution is 5.57. The van der Waals surface area contributed by atoms with Crippen LogP contribution in [0.3, 0.4) is 0 Å². The van der Waals surface area contributed by atoms with Crippen LogP contribution in [0.4, 0.5) is 17.6 Å². The number of ether oxygens (including phenoxy) is 1. The number of hydrogen-bond donors (Lipinski definition) is 2. The first-order valence-corrected chi connectivity index (χ1v) is 6.78. The van der Waals surface area contributed by atoms with Crippen LogP contribution < -0.4 is 15.8 Å². The smallest absolute Gasteiger partial charge is 0.323 e. The lowest BCUT2D eigenvalue weighted by atomic mass is 10.1. The largest absolute Gasteiger partial charge is 0.464 e. The van der Waals surface area contributed by atoms with Gasteiger partial charge < -0.3 is 15.8 Å². The summed E-state index contributed by atoms with van der Waals surface area (Å²) in [6.07, 6.45) is 3.53. The average molecular weight is 271 g/mol. The minimum Gasteiger partial charge on any atom is -0.464 e. The quantitative estimate of drug-likeness (QED) is 0.885. The Morgan fingerprint density at radius 2 is 2.05 bits per heavy atom. The third-order valence-electron chi connectivity index (χ3n) is 3.26. The summed E-state index contributed by atoms with van der Waals surface area (Å²) in [6.45, 7) is 2.36. The van der Waals surface area contributed by atoms with Crippen molar-refractivity contribution in [1.82, 2.24) is 15.0 Å². The van der Waals surface area contributed by atoms with Crippen molar-refractivity contribution in [2.75, 3.05) is 17.7 Å². The summed E-state index contributed by atoms with van der Waals surface area (Å²) in [5.74, 6) is 0.547. The number of hydrogen-bond acceptors (Lipinski definition) is 6. The lowest BCUT2D eigenvalue weighted by Crippen LogP contribution is -2.06. The maximum atomic E-state index is 5.65. The summed E-state index contributed by atoms with van der Waals surface area (Å²) in [7, 11) is 0. The molecule has 1 aliphatic rings. The number of aryl methyl sites for hydroxylation is 2. The van der Waals surface area contributed by atoms with E-state index in [-0.39, 0.29) is 12.0 Å². The number of aromatic nitrogens is 3. The van der Waals surface area contributed by atoms with Crippen molar-refractivity contribution in [3.8, 4) is 6.01 Å². The first-order valence-electron chi connectivity index (χ1n) is 6.78. The lowest BCUT2D eigenvalue weighted by molar-refractivity contribution is 0.312. The van der Waals surface area contributed by atoms with Crippen molar-refractivity contribution in [3.63, 3.8) is 0 Å². The zero-order chi connectivity index (χ0) is 13.9. The lowest BCUT2D eigenvalue weighted by Gasteiger charge is -2.08. The van der Waals surface area contributed by atoms with Gasteiger partial charge in [0, 0.05) is 5.69 Å². The number of benzene rings is 1. The SMILES string of the molecule is CCOc1nc(N)nc(Nc2ccc3c(c2)CCC3)n1. The van der Waals surface area contributed by atoms with Crippen molar-refractivity contribution < 1.29 is 4.74 Å². The van der Waals surface area contributed by atoms with E-state index in [1.807, 2.05) is 13.0 Å². The average Bonchev–Trinajstić information content (AvgIpc) is 2.85. The number of nitrogens with zero attached hydrogens (tertiary/aromatic N) is 3. The van der Waals surface area contributed by atoms with E-state index in [1.165, 1.54) is 24.0 Å². The van der Waals surface area contributed by atoms with Gasteiger partial charge in [0.05, 0.1) is 6.61 Å². The Kier molecular flexibility index (Phi) is 3.37. The summed E-state index contributed by atoms with van der Waals surface area (Å²) in [5, 5.41) is 3.15. The van der Waals surface area contributed by atoms with Gasteiger partial charge in [-0.1, -0.05) is 6.07 Å². The molecule has 1 aliphatic carbocycles. The predicted octanol–water partition coefficient (Wildman–Crippen LogP) is 2.08. The first kappa shape index (κ1) is 12.7. The maximum absolute atomic E-state index is 5.65. The highest BCUT2D eigenvalue weighted by Crippen LogP contribution is 2.26. The summed E-state index contributed by atoms with van der Waals surface area (Å²) >= 11 is 0. The molecule has 0 fully saturated rings. The van der Waals surface area contributed by atoms with Gasteiger partial charge in [0.2, 0.25) is 11.9 Å². The molecule has 6 nitrogen and oxygen atoms in total. The third kappa shape index (κ3) is 2.64. The van der Waals surface area contributed by atoms with Gasteiger partial charge in [-0.3, -0.25) is 0 Å². The van der Waals surface area contributed by atoms with Crippen molar-refractivity contribution in [2.24, 2.45) is 0 Å². The van der Waals surface area contributed by atoms with Crippen LogP contribution >= 0.6 is 0 Å². The molecule has 2 aromatic rings. The Labute approximate surface area is 117 Å². The second-order valence-electron chi connectivity index (χ2n) is 4.69. The second kappa shape index (κ2) is 5.32. The van der Waals surface area contributed by atoms with Crippen LogP contribution in [0.25, 0.3) is 0 Å². The van der Waals surface area contributed by atoms with Gasteiger partial charge in [-0.05, 0) is 49.4 Å². The zero-order valence-electron chi connectivity index (χ0n) is 11.4. The normalized spacial score (nSPS) is 13.1. The Balaban J connectivity index is 1.83. The molecule has 1 heterocycles. The monoisotopic (exact) mass is 271 g/mol. The molecular formula is C14H17N5O. The molecule has 0 saturated heterocycles. The third-order valence-corrected chi connectivity index (χ3v) is 3.26. The van der Waals surface area contributed by atoms with Gasteiger partial charge in [0.15, 0.2) is 0 Å². The molecule has 0 saturated carbocycles. The molecule has 0 unspecified atom stereocenters. The van der Waals surface area contributed by atoms with E-state index in [4.69, 9.17) is 10.5 Å². The fraction of sp³-hybridized carbons (Fsp3) is 0.357. The number of fused-ring (bicyclic) bond motifs is 1. The molecule has 0 radical (unpaired) electrons. The van der Waals surface area contributed by atoms with E-state index < -0.39 is 0 Å². The maximum Gasteiger partial charge on any atom is 0.323 e. The number of nitrogens with one attached hydrogen (secondary N) is 1. The van der Waals surface area contributed by atoms with E-state index >= 15 is 0 Å². The molecule has 20 heavy (non-hydrogen) atoms. The Bertz CT molecular complexity index is 629. The van der Waals surface area contributed by atoms with Crippen molar-refractivity contribution in [3.05, 3.63) is 29.3 Å². The fourth-order valence-electron chi connectivity index (χ4n) is 2.40. The van der Waals surface area contributed by atoms with Crippen LogP contribution in [0.5, 0.6) is 6.01 Å². The van der Waals surface area contributed by atoms with E-state index in [0.29, 0.717) is 12.6 Å². The zero-order valence-corrected chi connectivity index (χ0v) is 11.4. The van der Waals surface area contributed by atoms with E-state index in [0.717, 1.165) is 12.1 Å². The van der Waals surface area contributed by atoms with Crippen LogP contribution in [0.1, 0.15) is 24.5 Å². The highest BCUT2D eigenvalue weighted by atomic mass is 16.5. The van der Waals surface area contributed by atoms with Gasteiger partial charge in [-0.25, -0.2) is 0 Å².